The molecule has 3 amide bonds. The Balaban J connectivity index is 1.28. The lowest BCUT2D eigenvalue weighted by Crippen LogP contribution is -2.51. The average molecular weight is 512 g/mol. The molecule has 0 aromatic heterocycles. The third-order valence-corrected chi connectivity index (χ3v) is 7.95. The van der Waals surface area contributed by atoms with Gasteiger partial charge in [-0.3, -0.25) is 14.4 Å². The Morgan fingerprint density at radius 1 is 0.974 bits per heavy atom. The number of hydrogen-bond donors (Lipinski definition) is 1. The molecule has 1 atom stereocenters. The topological polar surface area (TPSA) is 69.7 Å². The summed E-state index contributed by atoms with van der Waals surface area (Å²) in [5.41, 5.74) is 2.64. The van der Waals surface area contributed by atoms with Crippen molar-refractivity contribution >= 4 is 34.2 Å². The molecule has 1 heterocycles. The van der Waals surface area contributed by atoms with Gasteiger partial charge in [-0.1, -0.05) is 80.8 Å². The predicted molar refractivity (Wildman–Crippen MR) is 151 cm³/mol. The summed E-state index contributed by atoms with van der Waals surface area (Å²) in [5, 5.41) is 5.27. The lowest BCUT2D eigenvalue weighted by molar-refractivity contribution is -0.141. The molecule has 198 valence electrons. The molecule has 0 saturated heterocycles. The monoisotopic (exact) mass is 511 g/mol. The van der Waals surface area contributed by atoms with Crippen LogP contribution in [0.1, 0.15) is 74.2 Å². The molecule has 1 aliphatic heterocycles. The van der Waals surface area contributed by atoms with Crippen LogP contribution in [0.25, 0.3) is 10.8 Å². The van der Waals surface area contributed by atoms with Crippen molar-refractivity contribution in [2.75, 3.05) is 11.4 Å². The highest BCUT2D eigenvalue weighted by atomic mass is 16.2. The zero-order valence-corrected chi connectivity index (χ0v) is 22.2. The standard InChI is InChI=1S/C32H37N3O3/c1-2-27(31(37)33-25-16-7-4-8-17-25)35(22-23-12-5-3-6-13-23)29(36)20-11-21-34-28-19-10-15-24-14-9-18-26(30(24)28)32(34)38/h3,5-6,9-10,12-15,18-19,25,27H,2,4,7-8,11,16-17,20-22H2,1H3,(H,33,37)/t27-/m1/s1. The number of amides is 3. The minimum absolute atomic E-state index is 0.0105. The van der Waals surface area contributed by atoms with Crippen LogP contribution in [0.5, 0.6) is 0 Å². The lowest BCUT2D eigenvalue weighted by atomic mass is 9.95. The van der Waals surface area contributed by atoms with Crippen LogP contribution in [-0.2, 0) is 16.1 Å². The largest absolute Gasteiger partial charge is 0.352 e. The normalized spacial score (nSPS) is 16.0. The van der Waals surface area contributed by atoms with E-state index >= 15 is 0 Å². The van der Waals surface area contributed by atoms with Gasteiger partial charge in [-0.25, -0.2) is 0 Å². The molecule has 0 unspecified atom stereocenters. The number of anilines is 1. The van der Waals surface area contributed by atoms with E-state index in [0.717, 1.165) is 53.3 Å². The SMILES string of the molecule is CC[C@H](C(=O)NC1CCCCC1)N(Cc1ccccc1)C(=O)CCCN1C(=O)c2cccc3cccc1c23. The zero-order valence-electron chi connectivity index (χ0n) is 22.2. The molecule has 1 saturated carbocycles. The molecular formula is C32H37N3O3. The number of rotatable bonds is 10. The van der Waals surface area contributed by atoms with Gasteiger partial charge in [0.25, 0.3) is 5.91 Å². The molecule has 1 aliphatic carbocycles. The molecular weight excluding hydrogens is 474 g/mol. The molecule has 1 N–H and O–H groups in total. The van der Waals surface area contributed by atoms with E-state index < -0.39 is 6.04 Å². The van der Waals surface area contributed by atoms with Crippen molar-refractivity contribution in [3.63, 3.8) is 0 Å². The molecule has 0 radical (unpaired) electrons. The Kier molecular flexibility index (Phi) is 8.06. The number of carbonyl (C=O) groups excluding carboxylic acids is 3. The maximum absolute atomic E-state index is 13.7. The van der Waals surface area contributed by atoms with Crippen molar-refractivity contribution in [1.82, 2.24) is 10.2 Å². The van der Waals surface area contributed by atoms with Crippen molar-refractivity contribution < 1.29 is 14.4 Å². The molecule has 1 fully saturated rings. The third kappa shape index (κ3) is 5.45. The van der Waals surface area contributed by atoms with Gasteiger partial charge in [0.2, 0.25) is 11.8 Å². The second-order valence-corrected chi connectivity index (χ2v) is 10.5. The van der Waals surface area contributed by atoms with E-state index in [0.29, 0.717) is 25.9 Å². The van der Waals surface area contributed by atoms with Crippen molar-refractivity contribution in [3.8, 4) is 0 Å². The molecule has 3 aromatic rings. The Morgan fingerprint density at radius 3 is 2.45 bits per heavy atom. The fourth-order valence-corrected chi connectivity index (χ4v) is 5.98. The number of benzene rings is 3. The highest BCUT2D eigenvalue weighted by molar-refractivity contribution is 6.25. The van der Waals surface area contributed by atoms with E-state index in [1.165, 1.54) is 6.42 Å². The second kappa shape index (κ2) is 11.8. The van der Waals surface area contributed by atoms with E-state index in [2.05, 4.69) is 5.32 Å². The molecule has 0 bridgehead atoms. The molecule has 6 nitrogen and oxygen atoms in total. The van der Waals surface area contributed by atoms with Gasteiger partial charge >= 0.3 is 0 Å². The number of nitrogens with one attached hydrogen (secondary N) is 1. The summed E-state index contributed by atoms with van der Waals surface area (Å²) in [5.74, 6) is -0.119. The van der Waals surface area contributed by atoms with Gasteiger partial charge in [0.05, 0.1) is 5.69 Å². The van der Waals surface area contributed by atoms with Crippen LogP contribution in [-0.4, -0.2) is 41.2 Å². The van der Waals surface area contributed by atoms with E-state index in [1.807, 2.05) is 73.7 Å². The highest BCUT2D eigenvalue weighted by Crippen LogP contribution is 2.37. The Labute approximate surface area is 225 Å². The van der Waals surface area contributed by atoms with Gasteiger partial charge in [-0.2, -0.15) is 0 Å². The van der Waals surface area contributed by atoms with Crippen LogP contribution in [0.2, 0.25) is 0 Å². The molecule has 2 aliphatic rings. The first-order valence-electron chi connectivity index (χ1n) is 14.0. The van der Waals surface area contributed by atoms with E-state index in [-0.39, 0.29) is 30.2 Å². The van der Waals surface area contributed by atoms with Crippen LogP contribution in [0.3, 0.4) is 0 Å². The van der Waals surface area contributed by atoms with Crippen LogP contribution < -0.4 is 10.2 Å². The Morgan fingerprint density at radius 2 is 1.71 bits per heavy atom. The summed E-state index contributed by atoms with van der Waals surface area (Å²) < 4.78 is 0. The Hall–Kier alpha value is -3.67. The molecule has 0 spiro atoms. The molecule has 38 heavy (non-hydrogen) atoms. The van der Waals surface area contributed by atoms with Gasteiger partial charge in [-0.15, -0.1) is 0 Å². The predicted octanol–water partition coefficient (Wildman–Crippen LogP) is 5.84. The summed E-state index contributed by atoms with van der Waals surface area (Å²) in [6.07, 6.45) is 6.88. The van der Waals surface area contributed by atoms with E-state index in [9.17, 15) is 14.4 Å². The first-order chi connectivity index (χ1) is 18.6. The first-order valence-corrected chi connectivity index (χ1v) is 14.0. The van der Waals surface area contributed by atoms with Crippen molar-refractivity contribution in [3.05, 3.63) is 77.9 Å². The molecule has 5 rings (SSSR count). The van der Waals surface area contributed by atoms with E-state index in [4.69, 9.17) is 0 Å². The number of hydrogen-bond acceptors (Lipinski definition) is 3. The summed E-state index contributed by atoms with van der Waals surface area (Å²) in [6.45, 7) is 2.82. The van der Waals surface area contributed by atoms with Crippen molar-refractivity contribution in [2.24, 2.45) is 0 Å². The zero-order chi connectivity index (χ0) is 26.5. The third-order valence-electron chi connectivity index (χ3n) is 7.95. The summed E-state index contributed by atoms with van der Waals surface area (Å²) in [7, 11) is 0. The van der Waals surface area contributed by atoms with Crippen LogP contribution in [0, 0.1) is 0 Å². The van der Waals surface area contributed by atoms with Gasteiger partial charge in [0.1, 0.15) is 6.04 Å². The quantitative estimate of drug-likeness (QED) is 0.372. The number of nitrogens with zero attached hydrogens (tertiary/aromatic N) is 2. The van der Waals surface area contributed by atoms with Gasteiger partial charge < -0.3 is 15.1 Å². The van der Waals surface area contributed by atoms with Crippen molar-refractivity contribution in [2.45, 2.75) is 76.9 Å². The number of carbonyl (C=O) groups is 3. The molecule has 6 heteroatoms. The van der Waals surface area contributed by atoms with Crippen LogP contribution in [0.15, 0.2) is 66.7 Å². The van der Waals surface area contributed by atoms with Gasteiger partial charge in [-0.05, 0) is 48.8 Å². The second-order valence-electron chi connectivity index (χ2n) is 10.5. The fraction of sp³-hybridized carbons (Fsp3) is 0.406. The minimum Gasteiger partial charge on any atom is -0.352 e. The van der Waals surface area contributed by atoms with Gasteiger partial charge in [0, 0.05) is 36.5 Å². The average Bonchev–Trinajstić information content (AvgIpc) is 3.22. The lowest BCUT2D eigenvalue weighted by Gasteiger charge is -2.33. The fourth-order valence-electron chi connectivity index (χ4n) is 5.98. The minimum atomic E-state index is -0.518. The smallest absolute Gasteiger partial charge is 0.258 e. The first kappa shape index (κ1) is 26.0. The summed E-state index contributed by atoms with van der Waals surface area (Å²) >= 11 is 0. The molecule has 3 aromatic carbocycles. The van der Waals surface area contributed by atoms with Crippen LogP contribution in [0.4, 0.5) is 5.69 Å². The summed E-state index contributed by atoms with van der Waals surface area (Å²) in [4.78, 5) is 43.7. The van der Waals surface area contributed by atoms with Crippen molar-refractivity contribution in [1.29, 1.82) is 0 Å². The highest BCUT2D eigenvalue weighted by Gasteiger charge is 2.32. The maximum atomic E-state index is 13.7. The van der Waals surface area contributed by atoms with E-state index in [1.54, 1.807) is 9.80 Å². The Bertz CT molecular complexity index is 1290. The maximum Gasteiger partial charge on any atom is 0.258 e. The van der Waals surface area contributed by atoms with Gasteiger partial charge in [0.15, 0.2) is 0 Å². The van der Waals surface area contributed by atoms with Crippen LogP contribution >= 0.6 is 0 Å². The summed E-state index contributed by atoms with van der Waals surface area (Å²) in [6, 6.07) is 21.3.